The Kier molecular flexibility index (Phi) is 26.4. The molecule has 0 radical (unpaired) electrons. The van der Waals surface area contributed by atoms with Crippen LogP contribution in [-0.2, 0) is 71.5 Å². The zero-order chi connectivity index (χ0) is 57.4. The fourth-order valence-electron chi connectivity index (χ4n) is 9.03. The number of nitrogens with zero attached hydrogens (tertiary/aromatic N) is 1. The van der Waals surface area contributed by atoms with E-state index in [2.05, 4.69) is 10.6 Å². The molecular formula is C47H77N3O28. The van der Waals surface area contributed by atoms with Crippen molar-refractivity contribution < 1.29 is 138 Å². The lowest BCUT2D eigenvalue weighted by molar-refractivity contribution is -0.366. The van der Waals surface area contributed by atoms with Gasteiger partial charge in [0, 0.05) is 45.1 Å². The molecule has 448 valence electrons. The van der Waals surface area contributed by atoms with Crippen LogP contribution in [0.2, 0.25) is 0 Å². The number of aliphatic hydroxyl groups excluding tert-OH is 13. The molecule has 78 heavy (non-hydrogen) atoms. The number of Topliss-reactive ketones (excluding diaryl/α,β-unsaturated/α-hetero) is 1. The Labute approximate surface area is 447 Å². The molecule has 31 nitrogen and oxygen atoms in total. The van der Waals surface area contributed by atoms with Crippen molar-refractivity contribution in [2.24, 2.45) is 0 Å². The number of carbonyl (C=O) groups excluding carboxylic acids is 6. The molecule has 0 aromatic rings. The summed E-state index contributed by atoms with van der Waals surface area (Å²) < 4.78 is 44.4. The number of carbonyl (C=O) groups is 6. The van der Waals surface area contributed by atoms with E-state index in [1.807, 2.05) is 0 Å². The zero-order valence-electron chi connectivity index (χ0n) is 42.9. The van der Waals surface area contributed by atoms with E-state index in [1.165, 1.54) is 6.92 Å². The summed E-state index contributed by atoms with van der Waals surface area (Å²) in [5.41, 5.74) is 0. The van der Waals surface area contributed by atoms with Gasteiger partial charge in [-0.3, -0.25) is 24.0 Å². The Balaban J connectivity index is 1.15. The van der Waals surface area contributed by atoms with Gasteiger partial charge in [0.25, 0.3) is 11.8 Å². The molecule has 5 aliphatic heterocycles. The van der Waals surface area contributed by atoms with Crippen LogP contribution in [0.5, 0.6) is 0 Å². The highest BCUT2D eigenvalue weighted by molar-refractivity contribution is 6.01. The van der Waals surface area contributed by atoms with Crippen molar-refractivity contribution in [1.29, 1.82) is 0 Å². The third-order valence-corrected chi connectivity index (χ3v) is 13.8. The normalized spacial score (nSPS) is 36.8. The summed E-state index contributed by atoms with van der Waals surface area (Å²) in [5, 5.41) is 140. The van der Waals surface area contributed by atoms with Gasteiger partial charge in [-0.05, 0) is 39.0 Å². The lowest BCUT2D eigenvalue weighted by Crippen LogP contribution is -2.65. The first-order valence-electron chi connectivity index (χ1n) is 26.1. The molecule has 0 bridgehead atoms. The van der Waals surface area contributed by atoms with Gasteiger partial charge in [-0.25, -0.2) is 4.79 Å². The summed E-state index contributed by atoms with van der Waals surface area (Å²) in [5.74, 6) is -3.47. The van der Waals surface area contributed by atoms with Gasteiger partial charge in [-0.1, -0.05) is 12.8 Å². The maximum Gasteiger partial charge on any atom is 0.333 e. The Morgan fingerprint density at radius 1 is 0.564 bits per heavy atom. The number of hydrogen-bond donors (Lipinski definition) is 15. The molecule has 0 unspecified atom stereocenters. The smallest absolute Gasteiger partial charge is 0.333 e. The Morgan fingerprint density at radius 3 is 1.73 bits per heavy atom. The SMILES string of the molecule is C[C@@H]1O[C@@H](OCCCC(=O)CCCCC(=O)N[C@@H](CCCCCC(=O)ON2C(=O)CCC2=O)C(=O)NCCO[C@H]2O[C@H](CO[C@H]3O[C@H](CO)[C@@H](O)[C@H](O)[C@@H]3O)[C@@H](O)[C@H](O[C@H]3O[C@H](CO)[C@@H](O)[C@H](O)[C@@H]3O)[C@@H]2O)[C@@H](O)[C@H](O)[C@@H]1O. The van der Waals surface area contributed by atoms with Gasteiger partial charge < -0.3 is 120 Å². The quantitative estimate of drug-likeness (QED) is 0.0235. The average Bonchev–Trinajstić information content (AvgIpc) is 3.74. The predicted octanol–water partition coefficient (Wildman–Crippen LogP) is -7.64. The Morgan fingerprint density at radius 2 is 1.09 bits per heavy atom. The van der Waals surface area contributed by atoms with Gasteiger partial charge in [0.15, 0.2) is 25.2 Å². The summed E-state index contributed by atoms with van der Waals surface area (Å²) in [4.78, 5) is 80.2. The van der Waals surface area contributed by atoms with Crippen molar-refractivity contribution in [2.75, 3.05) is 39.6 Å². The van der Waals surface area contributed by atoms with E-state index in [-0.39, 0.29) is 89.6 Å². The van der Waals surface area contributed by atoms with E-state index >= 15 is 0 Å². The van der Waals surface area contributed by atoms with Crippen LogP contribution in [0.15, 0.2) is 0 Å². The molecule has 0 saturated carbocycles. The molecule has 5 saturated heterocycles. The first-order valence-corrected chi connectivity index (χ1v) is 26.1. The van der Waals surface area contributed by atoms with Gasteiger partial charge in [0.1, 0.15) is 103 Å². The molecule has 15 N–H and O–H groups in total. The molecule has 31 heteroatoms. The van der Waals surface area contributed by atoms with E-state index in [0.717, 1.165) is 0 Å². The first kappa shape index (κ1) is 65.2. The Bertz CT molecular complexity index is 1910. The molecule has 4 amide bonds. The van der Waals surface area contributed by atoms with Crippen molar-refractivity contribution in [3.63, 3.8) is 0 Å². The van der Waals surface area contributed by atoms with Crippen LogP contribution in [-0.4, -0.2) is 275 Å². The molecule has 5 heterocycles. The monoisotopic (exact) mass is 1130 g/mol. The number of rotatable bonds is 30. The molecule has 5 fully saturated rings. The van der Waals surface area contributed by atoms with Crippen LogP contribution < -0.4 is 10.6 Å². The van der Waals surface area contributed by atoms with Crippen molar-refractivity contribution in [3.05, 3.63) is 0 Å². The van der Waals surface area contributed by atoms with Gasteiger partial charge in [-0.2, -0.15) is 0 Å². The van der Waals surface area contributed by atoms with Crippen molar-refractivity contribution in [1.82, 2.24) is 15.7 Å². The third-order valence-electron chi connectivity index (χ3n) is 13.8. The number of hydroxylamine groups is 2. The fraction of sp³-hybridized carbons (Fsp3) is 0.872. The number of nitrogens with one attached hydrogen (secondary N) is 2. The van der Waals surface area contributed by atoms with Gasteiger partial charge in [-0.15, -0.1) is 5.06 Å². The van der Waals surface area contributed by atoms with E-state index < -0.39 is 185 Å². The molecule has 0 spiro atoms. The van der Waals surface area contributed by atoms with Gasteiger partial charge >= 0.3 is 5.97 Å². The maximum absolute atomic E-state index is 13.6. The standard InChI is InChI=1S/C47H77N3O28/c1-21-31(58)35(62)38(65)44(73-21)70-16-7-9-22(53)8-5-6-11-27(54)49-23(10-3-2-4-12-30(57)78-50-28(55)13-14-29(50)56)43(69)48-15-17-71-46-41(68)42(77-47-40(67)37(64)33(60)25(19-52)75-47)34(61)26(76-46)20-72-45-39(66)36(63)32(59)24(18-51)74-45/h21,23-26,31-42,44-47,51-52,58-68H,2-20H2,1H3,(H,48,69)(H,49,54)/t21-,23-,24+,25+,26+,31+,32+,33+,34+,35+,36-,37-,38-,39-,40-,41-,42-,44+,45-,46-,47+/m0/s1. The molecular weight excluding hydrogens is 1050 g/mol. The minimum absolute atomic E-state index is 0.0170. The summed E-state index contributed by atoms with van der Waals surface area (Å²) in [6.07, 6.45) is -31.3. The number of ether oxygens (including phenoxy) is 8. The highest BCUT2D eigenvalue weighted by Crippen LogP contribution is 2.31. The van der Waals surface area contributed by atoms with Crippen LogP contribution >= 0.6 is 0 Å². The fourth-order valence-corrected chi connectivity index (χ4v) is 9.03. The second kappa shape index (κ2) is 31.6. The second-order valence-corrected chi connectivity index (χ2v) is 19.7. The lowest BCUT2D eigenvalue weighted by Gasteiger charge is -2.46. The van der Waals surface area contributed by atoms with Crippen molar-refractivity contribution in [3.8, 4) is 0 Å². The number of ketones is 1. The summed E-state index contributed by atoms with van der Waals surface area (Å²) in [7, 11) is 0. The summed E-state index contributed by atoms with van der Waals surface area (Å²) in [6, 6.07) is -1.16. The second-order valence-electron chi connectivity index (χ2n) is 19.7. The van der Waals surface area contributed by atoms with Gasteiger partial charge in [0.2, 0.25) is 11.8 Å². The summed E-state index contributed by atoms with van der Waals surface area (Å²) in [6.45, 7) is -1.59. The van der Waals surface area contributed by atoms with Crippen LogP contribution in [0.1, 0.15) is 90.4 Å². The minimum atomic E-state index is -1.99. The molecule has 0 aromatic heterocycles. The molecule has 21 atom stereocenters. The minimum Gasteiger partial charge on any atom is -0.394 e. The molecule has 0 aromatic carbocycles. The first-order chi connectivity index (χ1) is 37.1. The van der Waals surface area contributed by atoms with Crippen LogP contribution in [0, 0.1) is 0 Å². The van der Waals surface area contributed by atoms with E-state index in [1.54, 1.807) is 0 Å². The highest BCUT2D eigenvalue weighted by atomic mass is 16.8. The lowest BCUT2D eigenvalue weighted by atomic mass is 9.96. The zero-order valence-corrected chi connectivity index (χ0v) is 42.9. The summed E-state index contributed by atoms with van der Waals surface area (Å²) >= 11 is 0. The van der Waals surface area contributed by atoms with Crippen molar-refractivity contribution in [2.45, 2.75) is 219 Å². The molecule has 5 rings (SSSR count). The van der Waals surface area contributed by atoms with Crippen LogP contribution in [0.3, 0.4) is 0 Å². The predicted molar refractivity (Wildman–Crippen MR) is 251 cm³/mol. The number of hydrogen-bond acceptors (Lipinski definition) is 28. The molecule has 5 aliphatic rings. The number of imide groups is 1. The molecule has 0 aliphatic carbocycles. The highest BCUT2D eigenvalue weighted by Gasteiger charge is 2.52. The number of aliphatic hydroxyl groups is 13. The average molecular weight is 1130 g/mol. The van der Waals surface area contributed by atoms with E-state index in [0.29, 0.717) is 17.9 Å². The van der Waals surface area contributed by atoms with Gasteiger partial charge in [0.05, 0.1) is 39.1 Å². The largest absolute Gasteiger partial charge is 0.394 e. The Hall–Kier alpha value is -3.62. The third kappa shape index (κ3) is 17.9. The van der Waals surface area contributed by atoms with E-state index in [4.69, 9.17) is 42.7 Å². The number of amides is 4. The van der Waals surface area contributed by atoms with Crippen LogP contribution in [0.4, 0.5) is 0 Å². The topological polar surface area (TPSA) is 476 Å². The number of unbranched alkanes of at least 4 members (excludes halogenated alkanes) is 3. The van der Waals surface area contributed by atoms with Crippen molar-refractivity contribution >= 4 is 35.4 Å². The maximum atomic E-state index is 13.6. The van der Waals surface area contributed by atoms with Crippen LogP contribution in [0.25, 0.3) is 0 Å². The van der Waals surface area contributed by atoms with E-state index in [9.17, 15) is 95.2 Å².